The Balaban J connectivity index is 1.78. The average molecular weight is 466 g/mol. The van der Waals surface area contributed by atoms with E-state index in [1.54, 1.807) is 31.4 Å². The number of hydrogen-bond donors (Lipinski definition) is 1. The summed E-state index contributed by atoms with van der Waals surface area (Å²) in [6.07, 6.45) is 0. The van der Waals surface area contributed by atoms with Crippen molar-refractivity contribution < 1.29 is 18.7 Å². The number of halogens is 2. The minimum atomic E-state index is -0.637. The Morgan fingerprint density at radius 3 is 2.18 bits per heavy atom. The van der Waals surface area contributed by atoms with Crippen molar-refractivity contribution in [3.05, 3.63) is 88.8 Å². The number of amides is 2. The fraction of sp³-hybridized carbons (Fsp3) is 0.120. The zero-order valence-corrected chi connectivity index (χ0v) is 19.0. The van der Waals surface area contributed by atoms with E-state index in [9.17, 15) is 14.0 Å². The maximum atomic E-state index is 13.7. The van der Waals surface area contributed by atoms with Gasteiger partial charge in [-0.25, -0.2) is 9.29 Å². The molecule has 1 heterocycles. The molecule has 0 radical (unpaired) electrons. The molecule has 1 aliphatic heterocycles. The molecule has 8 heteroatoms. The molecule has 0 bridgehead atoms. The van der Waals surface area contributed by atoms with Gasteiger partial charge in [0.25, 0.3) is 11.8 Å². The van der Waals surface area contributed by atoms with E-state index in [0.717, 1.165) is 16.7 Å². The number of rotatable bonds is 6. The average Bonchev–Trinajstić information content (AvgIpc) is 3.05. The van der Waals surface area contributed by atoms with Crippen molar-refractivity contribution in [2.24, 2.45) is 0 Å². The number of nitrogens with one attached hydrogen (secondary N) is 1. The number of methoxy groups -OCH3 is 1. The van der Waals surface area contributed by atoms with Gasteiger partial charge in [0, 0.05) is 25.5 Å². The Labute approximate surface area is 195 Å². The second kappa shape index (κ2) is 8.96. The minimum Gasteiger partial charge on any atom is -0.497 e. The summed E-state index contributed by atoms with van der Waals surface area (Å²) in [6, 6.07) is 18.0. The molecule has 3 aromatic carbocycles. The van der Waals surface area contributed by atoms with E-state index < -0.39 is 17.6 Å². The van der Waals surface area contributed by atoms with Crippen molar-refractivity contribution >= 4 is 46.1 Å². The Morgan fingerprint density at radius 2 is 1.61 bits per heavy atom. The van der Waals surface area contributed by atoms with Gasteiger partial charge in [0.15, 0.2) is 0 Å². The lowest BCUT2D eigenvalue weighted by Gasteiger charge is -2.16. The Morgan fingerprint density at radius 1 is 0.939 bits per heavy atom. The maximum Gasteiger partial charge on any atom is 0.282 e. The van der Waals surface area contributed by atoms with Gasteiger partial charge in [0.05, 0.1) is 23.4 Å². The van der Waals surface area contributed by atoms with E-state index in [2.05, 4.69) is 5.32 Å². The number of hydrogen-bond acceptors (Lipinski definition) is 5. The summed E-state index contributed by atoms with van der Waals surface area (Å²) in [6.45, 7) is 0. The fourth-order valence-electron chi connectivity index (χ4n) is 3.52. The smallest absolute Gasteiger partial charge is 0.282 e. The topological polar surface area (TPSA) is 61.9 Å². The highest BCUT2D eigenvalue weighted by atomic mass is 35.5. The highest BCUT2D eigenvalue weighted by molar-refractivity contribution is 6.46. The molecule has 1 aliphatic rings. The van der Waals surface area contributed by atoms with Crippen LogP contribution in [0.5, 0.6) is 5.75 Å². The van der Waals surface area contributed by atoms with E-state index in [1.807, 2.05) is 43.3 Å². The zero-order valence-electron chi connectivity index (χ0n) is 18.2. The molecule has 0 atom stereocenters. The zero-order chi connectivity index (χ0) is 23.7. The molecule has 0 aliphatic carbocycles. The number of imide groups is 1. The molecule has 0 saturated heterocycles. The molecule has 33 heavy (non-hydrogen) atoms. The molecule has 0 spiro atoms. The van der Waals surface area contributed by atoms with E-state index in [-0.39, 0.29) is 22.0 Å². The van der Waals surface area contributed by atoms with Gasteiger partial charge in [-0.3, -0.25) is 9.59 Å². The summed E-state index contributed by atoms with van der Waals surface area (Å²) >= 11 is 5.91. The van der Waals surface area contributed by atoms with Gasteiger partial charge in [-0.05, 0) is 60.2 Å². The van der Waals surface area contributed by atoms with E-state index in [1.165, 1.54) is 12.1 Å². The lowest BCUT2D eigenvalue weighted by Crippen LogP contribution is -2.32. The van der Waals surface area contributed by atoms with E-state index >= 15 is 0 Å². The summed E-state index contributed by atoms with van der Waals surface area (Å²) in [4.78, 5) is 29.8. The summed E-state index contributed by atoms with van der Waals surface area (Å²) in [7, 11) is 5.40. The lowest BCUT2D eigenvalue weighted by atomic mass is 10.0. The maximum absolute atomic E-state index is 13.7. The molecule has 168 valence electrons. The van der Waals surface area contributed by atoms with Crippen LogP contribution in [0.15, 0.2) is 72.4 Å². The molecular weight excluding hydrogens is 445 g/mol. The van der Waals surface area contributed by atoms with Gasteiger partial charge in [-0.2, -0.15) is 0 Å². The van der Waals surface area contributed by atoms with Crippen LogP contribution in [-0.2, 0) is 9.59 Å². The van der Waals surface area contributed by atoms with Crippen LogP contribution in [0, 0.1) is 5.82 Å². The predicted molar refractivity (Wildman–Crippen MR) is 128 cm³/mol. The third-order valence-corrected chi connectivity index (χ3v) is 5.57. The Hall–Kier alpha value is -3.84. The van der Waals surface area contributed by atoms with Crippen LogP contribution in [0.2, 0.25) is 5.02 Å². The van der Waals surface area contributed by atoms with Gasteiger partial charge < -0.3 is 15.0 Å². The highest BCUT2D eigenvalue weighted by Gasteiger charge is 2.40. The minimum absolute atomic E-state index is 0.114. The van der Waals surface area contributed by atoms with Crippen molar-refractivity contribution in [1.29, 1.82) is 0 Å². The first kappa shape index (κ1) is 22.4. The molecule has 6 nitrogen and oxygen atoms in total. The quantitative estimate of drug-likeness (QED) is 0.522. The molecule has 3 aromatic rings. The monoisotopic (exact) mass is 465 g/mol. The number of nitrogens with zero attached hydrogens (tertiary/aromatic N) is 2. The second-order valence-corrected chi connectivity index (χ2v) is 8.00. The number of ether oxygens (including phenoxy) is 1. The SMILES string of the molecule is COc1ccc(C2=C(Nc3ccc(N(C)C)cc3)C(=O)N(c3ccc(F)c(Cl)c3)C2=O)cc1. The Bertz CT molecular complexity index is 1250. The third-order valence-electron chi connectivity index (χ3n) is 5.28. The molecule has 1 N–H and O–H groups in total. The first-order valence-electron chi connectivity index (χ1n) is 10.1. The van der Waals surface area contributed by atoms with Gasteiger partial charge in [-0.15, -0.1) is 0 Å². The van der Waals surface area contributed by atoms with Crippen molar-refractivity contribution in [3.63, 3.8) is 0 Å². The lowest BCUT2D eigenvalue weighted by molar-refractivity contribution is -0.120. The fourth-order valence-corrected chi connectivity index (χ4v) is 3.69. The van der Waals surface area contributed by atoms with Crippen molar-refractivity contribution in [2.75, 3.05) is 36.3 Å². The van der Waals surface area contributed by atoms with Gasteiger partial charge in [0.1, 0.15) is 17.3 Å². The first-order valence-corrected chi connectivity index (χ1v) is 10.4. The standard InChI is InChI=1S/C25H21ClFN3O3/c1-29(2)17-8-6-16(7-9-17)28-23-22(15-4-11-19(33-3)12-5-15)24(31)30(25(23)32)18-10-13-21(27)20(26)14-18/h4-14,28H,1-3H3. The predicted octanol–water partition coefficient (Wildman–Crippen LogP) is 4.95. The van der Waals surface area contributed by atoms with Crippen molar-refractivity contribution in [2.45, 2.75) is 0 Å². The molecule has 0 aromatic heterocycles. The summed E-state index contributed by atoms with van der Waals surface area (Å²) < 4.78 is 18.9. The van der Waals surface area contributed by atoms with E-state index in [0.29, 0.717) is 17.0 Å². The number of carbonyl (C=O) groups excluding carboxylic acids is 2. The van der Waals surface area contributed by atoms with Crippen LogP contribution in [0.25, 0.3) is 5.57 Å². The summed E-state index contributed by atoms with van der Waals surface area (Å²) in [5, 5.41) is 2.92. The van der Waals surface area contributed by atoms with Gasteiger partial charge >= 0.3 is 0 Å². The second-order valence-electron chi connectivity index (χ2n) is 7.59. The normalized spacial score (nSPS) is 13.5. The largest absolute Gasteiger partial charge is 0.497 e. The van der Waals surface area contributed by atoms with Crippen LogP contribution in [-0.4, -0.2) is 33.0 Å². The van der Waals surface area contributed by atoms with Crippen LogP contribution in [0.4, 0.5) is 21.5 Å². The third kappa shape index (κ3) is 4.27. The molecule has 0 unspecified atom stereocenters. The van der Waals surface area contributed by atoms with Crippen molar-refractivity contribution in [1.82, 2.24) is 0 Å². The summed E-state index contributed by atoms with van der Waals surface area (Å²) in [5.74, 6) is -1.13. The molecule has 0 fully saturated rings. The molecule has 0 saturated carbocycles. The molecule has 4 rings (SSSR count). The summed E-state index contributed by atoms with van der Waals surface area (Å²) in [5.41, 5.74) is 2.66. The van der Waals surface area contributed by atoms with Crippen molar-refractivity contribution in [3.8, 4) is 5.75 Å². The van der Waals surface area contributed by atoms with E-state index in [4.69, 9.17) is 16.3 Å². The van der Waals surface area contributed by atoms with Crippen LogP contribution in [0.1, 0.15) is 5.56 Å². The molecular formula is C25H21ClFN3O3. The number of benzene rings is 3. The van der Waals surface area contributed by atoms with Crippen LogP contribution < -0.4 is 19.9 Å². The number of carbonyl (C=O) groups is 2. The van der Waals surface area contributed by atoms with Crippen LogP contribution in [0.3, 0.4) is 0 Å². The first-order chi connectivity index (χ1) is 15.8. The number of anilines is 3. The van der Waals surface area contributed by atoms with Gasteiger partial charge in [0.2, 0.25) is 0 Å². The highest BCUT2D eigenvalue weighted by Crippen LogP contribution is 2.35. The Kier molecular flexibility index (Phi) is 6.07. The van der Waals surface area contributed by atoms with Gasteiger partial charge in [-0.1, -0.05) is 23.7 Å². The molecule has 2 amide bonds. The van der Waals surface area contributed by atoms with Crippen LogP contribution >= 0.6 is 11.6 Å².